The van der Waals surface area contributed by atoms with Crippen LogP contribution in [0.3, 0.4) is 0 Å². The van der Waals surface area contributed by atoms with Gasteiger partial charge in [-0.3, -0.25) is 0 Å². The minimum absolute atomic E-state index is 0.0604. The number of rotatable bonds is 5. The molecule has 0 aliphatic carbocycles. The SMILES string of the molecule is CC(C)c1cccc(C(C)C)c1NC(=O)N1CC(Cc2ccccc2F)C1. The quantitative estimate of drug-likeness (QED) is 0.713. The summed E-state index contributed by atoms with van der Waals surface area (Å²) in [5.74, 6) is 0.832. The predicted octanol–water partition coefficient (Wildman–Crippen LogP) is 5.78. The minimum Gasteiger partial charge on any atom is -0.324 e. The molecule has 1 N–H and O–H groups in total. The fourth-order valence-corrected chi connectivity index (χ4v) is 3.72. The Labute approximate surface area is 161 Å². The lowest BCUT2D eigenvalue weighted by Crippen LogP contribution is -2.52. The fraction of sp³-hybridized carbons (Fsp3) is 0.435. The Hall–Kier alpha value is -2.36. The van der Waals surface area contributed by atoms with Gasteiger partial charge in [0.2, 0.25) is 0 Å². The van der Waals surface area contributed by atoms with E-state index in [1.54, 1.807) is 6.07 Å². The molecule has 3 rings (SSSR count). The second-order valence-corrected chi connectivity index (χ2v) is 8.12. The average Bonchev–Trinajstić information content (AvgIpc) is 2.58. The number of halogens is 1. The van der Waals surface area contributed by atoms with Crippen molar-refractivity contribution in [1.82, 2.24) is 4.90 Å². The molecule has 1 aliphatic rings. The van der Waals surface area contributed by atoms with Gasteiger partial charge in [0.25, 0.3) is 0 Å². The van der Waals surface area contributed by atoms with Gasteiger partial charge in [-0.1, -0.05) is 64.1 Å². The highest BCUT2D eigenvalue weighted by Gasteiger charge is 2.32. The Balaban J connectivity index is 1.65. The van der Waals surface area contributed by atoms with Gasteiger partial charge in [0.15, 0.2) is 0 Å². The summed E-state index contributed by atoms with van der Waals surface area (Å²) in [6, 6.07) is 13.1. The van der Waals surface area contributed by atoms with Crippen LogP contribution in [0.1, 0.15) is 56.2 Å². The summed E-state index contributed by atoms with van der Waals surface area (Å²) in [5, 5.41) is 3.15. The number of carbonyl (C=O) groups is 1. The van der Waals surface area contributed by atoms with Crippen LogP contribution in [-0.4, -0.2) is 24.0 Å². The normalized spacial score (nSPS) is 14.6. The van der Waals surface area contributed by atoms with Crippen LogP contribution in [0.5, 0.6) is 0 Å². The molecule has 2 amide bonds. The van der Waals surface area contributed by atoms with Crippen molar-refractivity contribution in [1.29, 1.82) is 0 Å². The van der Waals surface area contributed by atoms with Crippen LogP contribution in [0, 0.1) is 11.7 Å². The molecular weight excluding hydrogens is 339 g/mol. The van der Waals surface area contributed by atoms with E-state index in [9.17, 15) is 9.18 Å². The van der Waals surface area contributed by atoms with Crippen LogP contribution in [0.2, 0.25) is 0 Å². The van der Waals surface area contributed by atoms with Gasteiger partial charge < -0.3 is 10.2 Å². The Bertz CT molecular complexity index is 784. The molecule has 2 aromatic rings. The zero-order valence-corrected chi connectivity index (χ0v) is 16.6. The molecule has 0 aromatic heterocycles. The van der Waals surface area contributed by atoms with E-state index in [1.165, 1.54) is 6.07 Å². The second-order valence-electron chi connectivity index (χ2n) is 8.12. The number of carbonyl (C=O) groups excluding carboxylic acids is 1. The molecule has 144 valence electrons. The Morgan fingerprint density at radius 2 is 1.63 bits per heavy atom. The van der Waals surface area contributed by atoms with E-state index in [0.717, 1.165) is 22.4 Å². The van der Waals surface area contributed by atoms with Crippen LogP contribution in [-0.2, 0) is 6.42 Å². The number of urea groups is 1. The largest absolute Gasteiger partial charge is 0.324 e. The van der Waals surface area contributed by atoms with E-state index in [1.807, 2.05) is 17.0 Å². The standard InChI is InChI=1S/C23H29FN2O/c1-15(2)19-9-7-10-20(16(3)4)22(19)25-23(27)26-13-17(14-26)12-18-8-5-6-11-21(18)24/h5-11,15-17H,12-14H2,1-4H3,(H,25,27). The number of likely N-dealkylation sites (tertiary alicyclic amines) is 1. The van der Waals surface area contributed by atoms with Crippen LogP contribution in [0.25, 0.3) is 0 Å². The monoisotopic (exact) mass is 368 g/mol. The molecule has 0 atom stereocenters. The van der Waals surface area contributed by atoms with Gasteiger partial charge in [0.1, 0.15) is 5.82 Å². The summed E-state index contributed by atoms with van der Waals surface area (Å²) < 4.78 is 13.8. The molecule has 1 fully saturated rings. The van der Waals surface area contributed by atoms with Crippen LogP contribution in [0.4, 0.5) is 14.9 Å². The van der Waals surface area contributed by atoms with Crippen molar-refractivity contribution in [2.45, 2.75) is 46.0 Å². The van der Waals surface area contributed by atoms with Crippen LogP contribution in [0.15, 0.2) is 42.5 Å². The fourth-order valence-electron chi connectivity index (χ4n) is 3.72. The molecule has 1 aliphatic heterocycles. The summed E-state index contributed by atoms with van der Waals surface area (Å²) in [7, 11) is 0. The van der Waals surface area contributed by atoms with Gasteiger partial charge in [0, 0.05) is 18.8 Å². The number of hydrogen-bond donors (Lipinski definition) is 1. The third-order valence-corrected chi connectivity index (χ3v) is 5.32. The maximum atomic E-state index is 13.8. The number of nitrogens with one attached hydrogen (secondary N) is 1. The van der Waals surface area contributed by atoms with Crippen LogP contribution < -0.4 is 5.32 Å². The van der Waals surface area contributed by atoms with Gasteiger partial charge in [-0.2, -0.15) is 0 Å². The Kier molecular flexibility index (Phi) is 5.83. The second kappa shape index (κ2) is 8.12. The predicted molar refractivity (Wildman–Crippen MR) is 109 cm³/mol. The van der Waals surface area contributed by atoms with Crippen molar-refractivity contribution < 1.29 is 9.18 Å². The van der Waals surface area contributed by atoms with Gasteiger partial charge >= 0.3 is 6.03 Å². The molecule has 0 saturated carbocycles. The summed E-state index contributed by atoms with van der Waals surface area (Å²) in [6.45, 7) is 9.90. The molecule has 1 saturated heterocycles. The number of anilines is 1. The minimum atomic E-state index is -0.159. The third-order valence-electron chi connectivity index (χ3n) is 5.32. The average molecular weight is 368 g/mol. The molecule has 27 heavy (non-hydrogen) atoms. The number of para-hydroxylation sites is 1. The number of hydrogen-bond acceptors (Lipinski definition) is 1. The van der Waals surface area contributed by atoms with E-state index >= 15 is 0 Å². The lowest BCUT2D eigenvalue weighted by atomic mass is 9.91. The van der Waals surface area contributed by atoms with E-state index in [4.69, 9.17) is 0 Å². The van der Waals surface area contributed by atoms with E-state index in [-0.39, 0.29) is 11.8 Å². The summed E-state index contributed by atoms with van der Waals surface area (Å²) in [4.78, 5) is 14.6. The molecule has 0 unspecified atom stereocenters. The van der Waals surface area contributed by atoms with E-state index in [0.29, 0.717) is 37.3 Å². The molecule has 3 nitrogen and oxygen atoms in total. The molecule has 0 radical (unpaired) electrons. The molecular formula is C23H29FN2O. The first-order valence-corrected chi connectivity index (χ1v) is 9.79. The first-order valence-electron chi connectivity index (χ1n) is 9.79. The highest BCUT2D eigenvalue weighted by molar-refractivity contribution is 5.92. The van der Waals surface area contributed by atoms with Crippen molar-refractivity contribution in [3.05, 3.63) is 65.0 Å². The molecule has 4 heteroatoms. The number of amides is 2. The molecule has 1 heterocycles. The number of benzene rings is 2. The topological polar surface area (TPSA) is 32.3 Å². The van der Waals surface area contributed by atoms with Crippen molar-refractivity contribution in [3.63, 3.8) is 0 Å². The van der Waals surface area contributed by atoms with Gasteiger partial charge in [-0.25, -0.2) is 9.18 Å². The summed E-state index contributed by atoms with van der Waals surface area (Å²) in [6.07, 6.45) is 0.677. The zero-order valence-electron chi connectivity index (χ0n) is 16.6. The maximum Gasteiger partial charge on any atom is 0.321 e. The molecule has 2 aromatic carbocycles. The van der Waals surface area contributed by atoms with Crippen molar-refractivity contribution in [2.24, 2.45) is 5.92 Å². The number of nitrogens with zero attached hydrogens (tertiary/aromatic N) is 1. The van der Waals surface area contributed by atoms with Crippen molar-refractivity contribution >= 4 is 11.7 Å². The lowest BCUT2D eigenvalue weighted by molar-refractivity contribution is 0.130. The Morgan fingerprint density at radius 3 is 2.19 bits per heavy atom. The van der Waals surface area contributed by atoms with Gasteiger partial charge in [-0.05, 0) is 46.9 Å². The Morgan fingerprint density at radius 1 is 1.04 bits per heavy atom. The molecule has 0 spiro atoms. The van der Waals surface area contributed by atoms with Crippen molar-refractivity contribution in [2.75, 3.05) is 18.4 Å². The summed E-state index contributed by atoms with van der Waals surface area (Å²) in [5.41, 5.74) is 4.01. The van der Waals surface area contributed by atoms with Crippen molar-refractivity contribution in [3.8, 4) is 0 Å². The zero-order chi connectivity index (χ0) is 19.6. The maximum absolute atomic E-state index is 13.8. The lowest BCUT2D eigenvalue weighted by Gasteiger charge is -2.39. The highest BCUT2D eigenvalue weighted by Crippen LogP contribution is 2.33. The first kappa shape index (κ1) is 19.4. The van der Waals surface area contributed by atoms with Gasteiger partial charge in [0.05, 0.1) is 0 Å². The van der Waals surface area contributed by atoms with Gasteiger partial charge in [-0.15, -0.1) is 0 Å². The van der Waals surface area contributed by atoms with E-state index in [2.05, 4.69) is 51.2 Å². The van der Waals surface area contributed by atoms with Crippen LogP contribution >= 0.6 is 0 Å². The molecule has 0 bridgehead atoms. The first-order chi connectivity index (χ1) is 12.9. The summed E-state index contributed by atoms with van der Waals surface area (Å²) >= 11 is 0. The third kappa shape index (κ3) is 4.32. The smallest absolute Gasteiger partial charge is 0.321 e. The van der Waals surface area contributed by atoms with E-state index < -0.39 is 0 Å². The highest BCUT2D eigenvalue weighted by atomic mass is 19.1.